The number of hydrogen-bond donors (Lipinski definition) is 1. The minimum absolute atomic E-state index is 0.0162. The number of carboxylic acids is 1. The SMILES string of the molecule is CC(=O)Oc1ccc(C(=O)O)nn1. The highest BCUT2D eigenvalue weighted by Crippen LogP contribution is 2.04. The number of esters is 1. The number of nitrogens with zero attached hydrogens (tertiary/aromatic N) is 2. The summed E-state index contributed by atoms with van der Waals surface area (Å²) in [7, 11) is 0. The zero-order chi connectivity index (χ0) is 9.84. The number of hydrogen-bond acceptors (Lipinski definition) is 5. The van der Waals surface area contributed by atoms with Crippen LogP contribution in [0.15, 0.2) is 12.1 Å². The van der Waals surface area contributed by atoms with E-state index < -0.39 is 11.9 Å². The van der Waals surface area contributed by atoms with Crippen molar-refractivity contribution in [1.29, 1.82) is 0 Å². The number of rotatable bonds is 2. The quantitative estimate of drug-likeness (QED) is 0.652. The average molecular weight is 182 g/mol. The molecule has 1 aromatic rings. The zero-order valence-corrected chi connectivity index (χ0v) is 6.72. The van der Waals surface area contributed by atoms with Crippen molar-refractivity contribution in [3.63, 3.8) is 0 Å². The van der Waals surface area contributed by atoms with Gasteiger partial charge in [-0.1, -0.05) is 0 Å². The largest absolute Gasteiger partial charge is 0.476 e. The number of carbonyl (C=O) groups excluding carboxylic acids is 1. The summed E-state index contributed by atoms with van der Waals surface area (Å²) in [5.74, 6) is -1.73. The Labute approximate surface area is 73.2 Å². The summed E-state index contributed by atoms with van der Waals surface area (Å²) in [6.45, 7) is 1.22. The Hall–Kier alpha value is -1.98. The molecule has 0 aliphatic rings. The van der Waals surface area contributed by atoms with Crippen LogP contribution in [0.25, 0.3) is 0 Å². The van der Waals surface area contributed by atoms with Crippen LogP contribution in [0.4, 0.5) is 0 Å². The minimum Gasteiger partial charge on any atom is -0.476 e. The van der Waals surface area contributed by atoms with Gasteiger partial charge in [-0.2, -0.15) is 0 Å². The first kappa shape index (κ1) is 9.11. The highest BCUT2D eigenvalue weighted by Gasteiger charge is 2.06. The van der Waals surface area contributed by atoms with Crippen molar-refractivity contribution in [3.05, 3.63) is 17.8 Å². The second-order valence-electron chi connectivity index (χ2n) is 2.16. The Bertz CT molecular complexity index is 333. The lowest BCUT2D eigenvalue weighted by Gasteiger charge is -1.97. The molecule has 1 rings (SSSR count). The normalized spacial score (nSPS) is 9.31. The molecule has 0 aromatic carbocycles. The summed E-state index contributed by atoms with van der Waals surface area (Å²) in [6.07, 6.45) is 0. The van der Waals surface area contributed by atoms with Crippen LogP contribution < -0.4 is 4.74 Å². The summed E-state index contributed by atoms with van der Waals surface area (Å²) in [6, 6.07) is 2.46. The first-order chi connectivity index (χ1) is 6.09. The van der Waals surface area contributed by atoms with Crippen LogP contribution in [-0.2, 0) is 4.79 Å². The molecule has 0 amide bonds. The van der Waals surface area contributed by atoms with Crippen LogP contribution in [0.5, 0.6) is 5.88 Å². The molecular weight excluding hydrogens is 176 g/mol. The third kappa shape index (κ3) is 2.51. The maximum atomic E-state index is 10.4. The van der Waals surface area contributed by atoms with Gasteiger partial charge in [-0.05, 0) is 6.07 Å². The van der Waals surface area contributed by atoms with Crippen LogP contribution >= 0.6 is 0 Å². The first-order valence-corrected chi connectivity index (χ1v) is 3.35. The van der Waals surface area contributed by atoms with Gasteiger partial charge in [0.15, 0.2) is 5.69 Å². The van der Waals surface area contributed by atoms with E-state index in [0.717, 1.165) is 0 Å². The Morgan fingerprint density at radius 1 is 1.38 bits per heavy atom. The highest BCUT2D eigenvalue weighted by molar-refractivity contribution is 5.85. The molecule has 1 N–H and O–H groups in total. The van der Waals surface area contributed by atoms with Gasteiger partial charge in [0.25, 0.3) is 0 Å². The second-order valence-corrected chi connectivity index (χ2v) is 2.16. The topological polar surface area (TPSA) is 89.4 Å². The third-order valence-electron chi connectivity index (χ3n) is 1.11. The van der Waals surface area contributed by atoms with Crippen molar-refractivity contribution in [1.82, 2.24) is 10.2 Å². The third-order valence-corrected chi connectivity index (χ3v) is 1.11. The van der Waals surface area contributed by atoms with Crippen molar-refractivity contribution in [2.24, 2.45) is 0 Å². The van der Waals surface area contributed by atoms with E-state index in [1.54, 1.807) is 0 Å². The van der Waals surface area contributed by atoms with Gasteiger partial charge in [-0.3, -0.25) is 4.79 Å². The lowest BCUT2D eigenvalue weighted by molar-refractivity contribution is -0.132. The van der Waals surface area contributed by atoms with Gasteiger partial charge >= 0.3 is 11.9 Å². The summed E-state index contributed by atoms with van der Waals surface area (Å²) in [5.41, 5.74) is -0.198. The van der Waals surface area contributed by atoms with E-state index in [2.05, 4.69) is 14.9 Å². The summed E-state index contributed by atoms with van der Waals surface area (Å²) in [5, 5.41) is 15.1. The molecule has 0 atom stereocenters. The molecule has 0 bridgehead atoms. The second kappa shape index (κ2) is 3.61. The lowest BCUT2D eigenvalue weighted by atomic mass is 10.4. The molecule has 0 saturated heterocycles. The first-order valence-electron chi connectivity index (χ1n) is 3.35. The van der Waals surface area contributed by atoms with Crippen molar-refractivity contribution in [2.45, 2.75) is 6.92 Å². The van der Waals surface area contributed by atoms with Gasteiger partial charge in [0.1, 0.15) is 0 Å². The molecule has 1 heterocycles. The molecule has 6 nitrogen and oxygen atoms in total. The number of carbonyl (C=O) groups is 2. The van der Waals surface area contributed by atoms with Gasteiger partial charge in [0, 0.05) is 13.0 Å². The van der Waals surface area contributed by atoms with Gasteiger partial charge < -0.3 is 9.84 Å². The van der Waals surface area contributed by atoms with Crippen LogP contribution in [0.3, 0.4) is 0 Å². The summed E-state index contributed by atoms with van der Waals surface area (Å²) >= 11 is 0. The smallest absolute Gasteiger partial charge is 0.356 e. The maximum absolute atomic E-state index is 10.4. The van der Waals surface area contributed by atoms with Gasteiger partial charge in [0.05, 0.1) is 0 Å². The minimum atomic E-state index is -1.18. The van der Waals surface area contributed by atoms with Gasteiger partial charge in [-0.25, -0.2) is 4.79 Å². The Morgan fingerprint density at radius 3 is 2.46 bits per heavy atom. The fraction of sp³-hybridized carbons (Fsp3) is 0.143. The molecule has 0 aliphatic heterocycles. The average Bonchev–Trinajstić information content (AvgIpc) is 2.04. The van der Waals surface area contributed by atoms with E-state index in [1.165, 1.54) is 19.1 Å². The molecule has 1 aromatic heterocycles. The molecular formula is C7H6N2O4. The Kier molecular flexibility index (Phi) is 2.53. The van der Waals surface area contributed by atoms with E-state index in [-0.39, 0.29) is 11.6 Å². The molecule has 68 valence electrons. The molecule has 0 radical (unpaired) electrons. The fourth-order valence-electron chi connectivity index (χ4n) is 0.636. The van der Waals surface area contributed by atoms with Crippen molar-refractivity contribution < 1.29 is 19.4 Å². The van der Waals surface area contributed by atoms with Gasteiger partial charge in [0.2, 0.25) is 5.88 Å². The number of aromatic carboxylic acids is 1. The molecule has 0 fully saturated rings. The number of ether oxygens (including phenoxy) is 1. The molecule has 0 spiro atoms. The zero-order valence-electron chi connectivity index (χ0n) is 6.72. The standard InChI is InChI=1S/C7H6N2O4/c1-4(10)13-6-3-2-5(7(11)12)8-9-6/h2-3H,1H3,(H,11,12). The van der Waals surface area contributed by atoms with Crippen LogP contribution in [0, 0.1) is 0 Å². The van der Waals surface area contributed by atoms with Crippen LogP contribution in [-0.4, -0.2) is 27.2 Å². The monoisotopic (exact) mass is 182 g/mol. The molecule has 0 unspecified atom stereocenters. The van der Waals surface area contributed by atoms with Crippen LogP contribution in [0.1, 0.15) is 17.4 Å². The van der Waals surface area contributed by atoms with E-state index in [0.29, 0.717) is 0 Å². The van der Waals surface area contributed by atoms with Crippen molar-refractivity contribution in [2.75, 3.05) is 0 Å². The van der Waals surface area contributed by atoms with E-state index >= 15 is 0 Å². The molecule has 13 heavy (non-hydrogen) atoms. The van der Waals surface area contributed by atoms with Gasteiger partial charge in [-0.15, -0.1) is 10.2 Å². The number of carboxylic acid groups (broad SMARTS) is 1. The van der Waals surface area contributed by atoms with Crippen molar-refractivity contribution >= 4 is 11.9 Å². The van der Waals surface area contributed by atoms with E-state index in [9.17, 15) is 9.59 Å². The fourth-order valence-corrected chi connectivity index (χ4v) is 0.636. The molecule has 0 saturated carbocycles. The molecule has 6 heteroatoms. The number of aromatic nitrogens is 2. The lowest BCUT2D eigenvalue weighted by Crippen LogP contribution is -2.06. The summed E-state index contributed by atoms with van der Waals surface area (Å²) in [4.78, 5) is 20.7. The van der Waals surface area contributed by atoms with E-state index in [4.69, 9.17) is 5.11 Å². The molecule has 0 aliphatic carbocycles. The Morgan fingerprint density at radius 2 is 2.08 bits per heavy atom. The highest BCUT2D eigenvalue weighted by atomic mass is 16.5. The van der Waals surface area contributed by atoms with Crippen LogP contribution in [0.2, 0.25) is 0 Å². The predicted molar refractivity (Wildman–Crippen MR) is 40.3 cm³/mol. The van der Waals surface area contributed by atoms with Crippen molar-refractivity contribution in [3.8, 4) is 5.88 Å². The predicted octanol–water partition coefficient (Wildman–Crippen LogP) is 0.100. The maximum Gasteiger partial charge on any atom is 0.356 e. The summed E-state index contributed by atoms with van der Waals surface area (Å²) < 4.78 is 4.54. The Balaban J connectivity index is 2.81. The van der Waals surface area contributed by atoms with E-state index in [1.807, 2.05) is 0 Å².